The lowest BCUT2D eigenvalue weighted by Gasteiger charge is -2.10. The summed E-state index contributed by atoms with van der Waals surface area (Å²) in [6.45, 7) is 3.87. The van der Waals surface area contributed by atoms with E-state index < -0.39 is 5.97 Å². The van der Waals surface area contributed by atoms with Crippen molar-refractivity contribution in [2.24, 2.45) is 5.92 Å². The summed E-state index contributed by atoms with van der Waals surface area (Å²) in [5.41, 5.74) is 0.101. The first-order valence-corrected chi connectivity index (χ1v) is 5.54. The largest absolute Gasteiger partial charge is 0.478 e. The molecule has 0 fully saturated rings. The molecule has 1 rings (SSSR count). The third kappa shape index (κ3) is 3.86. The van der Waals surface area contributed by atoms with Crippen LogP contribution in [0.15, 0.2) is 18.3 Å². The van der Waals surface area contributed by atoms with Crippen molar-refractivity contribution in [2.45, 2.75) is 26.7 Å². The fourth-order valence-corrected chi connectivity index (χ4v) is 1.41. The molecule has 92 valence electrons. The molecule has 0 saturated heterocycles. The van der Waals surface area contributed by atoms with E-state index in [1.165, 1.54) is 18.3 Å². The Balaban J connectivity index is 2.63. The van der Waals surface area contributed by atoms with E-state index in [0.29, 0.717) is 5.82 Å². The fraction of sp³-hybridized carbons (Fsp3) is 0.417. The third-order valence-electron chi connectivity index (χ3n) is 2.43. The average Bonchev–Trinajstić information content (AvgIpc) is 2.30. The monoisotopic (exact) mass is 236 g/mol. The fourth-order valence-electron chi connectivity index (χ4n) is 1.41. The number of nitrogens with one attached hydrogen (secondary N) is 1. The molecule has 5 heteroatoms. The zero-order valence-corrected chi connectivity index (χ0v) is 9.93. The summed E-state index contributed by atoms with van der Waals surface area (Å²) in [4.78, 5) is 26.1. The van der Waals surface area contributed by atoms with E-state index in [1.807, 2.05) is 13.8 Å². The Labute approximate surface area is 99.9 Å². The number of nitrogens with zero attached hydrogens (tertiary/aromatic N) is 1. The lowest BCUT2D eigenvalue weighted by Crippen LogP contribution is -2.20. The normalized spacial score (nSPS) is 11.9. The number of anilines is 1. The molecule has 5 nitrogen and oxygen atoms in total. The van der Waals surface area contributed by atoms with E-state index in [1.54, 1.807) is 0 Å². The van der Waals surface area contributed by atoms with Crippen LogP contribution in [-0.2, 0) is 4.79 Å². The SMILES string of the molecule is CCCC(C)C(=O)Nc1ccc(C(=O)O)cn1. The van der Waals surface area contributed by atoms with Gasteiger partial charge in [0.05, 0.1) is 5.56 Å². The quantitative estimate of drug-likeness (QED) is 0.821. The Kier molecular flexibility index (Phi) is 4.63. The van der Waals surface area contributed by atoms with Gasteiger partial charge in [0.1, 0.15) is 5.82 Å². The van der Waals surface area contributed by atoms with Gasteiger partial charge < -0.3 is 10.4 Å². The number of carbonyl (C=O) groups excluding carboxylic acids is 1. The number of hydrogen-bond donors (Lipinski definition) is 2. The maximum Gasteiger partial charge on any atom is 0.337 e. The minimum Gasteiger partial charge on any atom is -0.478 e. The Bertz CT molecular complexity index is 401. The van der Waals surface area contributed by atoms with Gasteiger partial charge >= 0.3 is 5.97 Å². The van der Waals surface area contributed by atoms with Crippen molar-refractivity contribution in [2.75, 3.05) is 5.32 Å². The van der Waals surface area contributed by atoms with E-state index in [-0.39, 0.29) is 17.4 Å². The van der Waals surface area contributed by atoms with E-state index in [4.69, 9.17) is 5.11 Å². The molecule has 0 saturated carbocycles. The summed E-state index contributed by atoms with van der Waals surface area (Å²) < 4.78 is 0. The van der Waals surface area contributed by atoms with Crippen molar-refractivity contribution in [3.63, 3.8) is 0 Å². The van der Waals surface area contributed by atoms with Crippen molar-refractivity contribution < 1.29 is 14.7 Å². The minimum atomic E-state index is -1.03. The molecule has 0 aliphatic heterocycles. The Morgan fingerprint density at radius 2 is 2.18 bits per heavy atom. The molecule has 0 bridgehead atoms. The summed E-state index contributed by atoms with van der Waals surface area (Å²) in [7, 11) is 0. The minimum absolute atomic E-state index is 0.0686. The van der Waals surface area contributed by atoms with Crippen LogP contribution in [0.2, 0.25) is 0 Å². The molecule has 0 radical (unpaired) electrons. The number of amides is 1. The van der Waals surface area contributed by atoms with Gasteiger partial charge in [-0.2, -0.15) is 0 Å². The first-order valence-electron chi connectivity index (χ1n) is 5.54. The summed E-state index contributed by atoms with van der Waals surface area (Å²) in [5.74, 6) is -0.818. The summed E-state index contributed by atoms with van der Waals surface area (Å²) in [5, 5.41) is 11.3. The highest BCUT2D eigenvalue weighted by Crippen LogP contribution is 2.10. The molecular weight excluding hydrogens is 220 g/mol. The van der Waals surface area contributed by atoms with E-state index >= 15 is 0 Å². The highest BCUT2D eigenvalue weighted by Gasteiger charge is 2.12. The first-order chi connectivity index (χ1) is 8.04. The summed E-state index contributed by atoms with van der Waals surface area (Å²) in [6.07, 6.45) is 2.99. The van der Waals surface area contributed by atoms with E-state index in [2.05, 4.69) is 10.3 Å². The van der Waals surface area contributed by atoms with Gasteiger partial charge in [0.25, 0.3) is 0 Å². The van der Waals surface area contributed by atoms with Crippen molar-refractivity contribution >= 4 is 17.7 Å². The van der Waals surface area contributed by atoms with Crippen LogP contribution in [0.3, 0.4) is 0 Å². The van der Waals surface area contributed by atoms with Crippen molar-refractivity contribution in [3.05, 3.63) is 23.9 Å². The molecule has 1 unspecified atom stereocenters. The highest BCUT2D eigenvalue weighted by atomic mass is 16.4. The van der Waals surface area contributed by atoms with Crippen molar-refractivity contribution in [1.29, 1.82) is 0 Å². The number of carboxylic acid groups (broad SMARTS) is 1. The second-order valence-corrected chi connectivity index (χ2v) is 3.92. The number of aromatic nitrogens is 1. The second-order valence-electron chi connectivity index (χ2n) is 3.92. The van der Waals surface area contributed by atoms with Gasteiger partial charge in [0.15, 0.2) is 0 Å². The smallest absolute Gasteiger partial charge is 0.337 e. The maximum absolute atomic E-state index is 11.7. The molecule has 0 aliphatic rings. The van der Waals surface area contributed by atoms with Crippen molar-refractivity contribution in [1.82, 2.24) is 4.98 Å². The van der Waals surface area contributed by atoms with Gasteiger partial charge in [-0.3, -0.25) is 4.79 Å². The molecular formula is C12H16N2O3. The zero-order valence-electron chi connectivity index (χ0n) is 9.93. The third-order valence-corrected chi connectivity index (χ3v) is 2.43. The standard InChI is InChI=1S/C12H16N2O3/c1-3-4-8(2)11(15)14-10-6-5-9(7-13-10)12(16)17/h5-8H,3-4H2,1-2H3,(H,16,17)(H,13,14,15). The number of pyridine rings is 1. The predicted octanol–water partition coefficient (Wildman–Crippen LogP) is 2.15. The molecule has 1 amide bonds. The molecule has 1 aromatic heterocycles. The van der Waals surface area contributed by atoms with Crippen LogP contribution < -0.4 is 5.32 Å². The molecule has 0 spiro atoms. The van der Waals surface area contributed by atoms with Gasteiger partial charge in [-0.1, -0.05) is 20.3 Å². The Morgan fingerprint density at radius 3 is 2.65 bits per heavy atom. The summed E-state index contributed by atoms with van der Waals surface area (Å²) in [6, 6.07) is 2.90. The van der Waals surface area contributed by atoms with Crippen LogP contribution in [0.1, 0.15) is 37.0 Å². The van der Waals surface area contributed by atoms with Gasteiger partial charge in [-0.25, -0.2) is 9.78 Å². The molecule has 2 N–H and O–H groups in total. The van der Waals surface area contributed by atoms with Crippen LogP contribution in [0, 0.1) is 5.92 Å². The van der Waals surface area contributed by atoms with Gasteiger partial charge in [-0.05, 0) is 18.6 Å². The lowest BCUT2D eigenvalue weighted by atomic mass is 10.1. The Morgan fingerprint density at radius 1 is 1.47 bits per heavy atom. The van der Waals surface area contributed by atoms with Gasteiger partial charge in [-0.15, -0.1) is 0 Å². The first kappa shape index (κ1) is 13.2. The number of rotatable bonds is 5. The number of carboxylic acids is 1. The molecule has 1 aromatic rings. The summed E-state index contributed by atoms with van der Waals surface area (Å²) >= 11 is 0. The molecule has 17 heavy (non-hydrogen) atoms. The predicted molar refractivity (Wildman–Crippen MR) is 63.9 cm³/mol. The van der Waals surface area contributed by atoms with Crippen LogP contribution in [-0.4, -0.2) is 22.0 Å². The highest BCUT2D eigenvalue weighted by molar-refractivity contribution is 5.92. The number of hydrogen-bond acceptors (Lipinski definition) is 3. The van der Waals surface area contributed by atoms with Crippen LogP contribution in [0.5, 0.6) is 0 Å². The molecule has 0 aliphatic carbocycles. The van der Waals surface area contributed by atoms with Crippen LogP contribution in [0.4, 0.5) is 5.82 Å². The number of carbonyl (C=O) groups is 2. The van der Waals surface area contributed by atoms with E-state index in [9.17, 15) is 9.59 Å². The van der Waals surface area contributed by atoms with Crippen LogP contribution in [0.25, 0.3) is 0 Å². The number of aromatic carboxylic acids is 1. The topological polar surface area (TPSA) is 79.3 Å². The molecule has 1 heterocycles. The average molecular weight is 236 g/mol. The maximum atomic E-state index is 11.7. The lowest BCUT2D eigenvalue weighted by molar-refractivity contribution is -0.119. The van der Waals surface area contributed by atoms with Gasteiger partial charge in [0, 0.05) is 12.1 Å². The van der Waals surface area contributed by atoms with Crippen LogP contribution >= 0.6 is 0 Å². The van der Waals surface area contributed by atoms with E-state index in [0.717, 1.165) is 12.8 Å². The molecule has 1 atom stereocenters. The Hall–Kier alpha value is -1.91. The zero-order chi connectivity index (χ0) is 12.8. The van der Waals surface area contributed by atoms with Crippen molar-refractivity contribution in [3.8, 4) is 0 Å². The second kappa shape index (κ2) is 5.98. The van der Waals surface area contributed by atoms with Gasteiger partial charge in [0.2, 0.25) is 5.91 Å². The molecule has 0 aromatic carbocycles.